The molecule has 0 aliphatic rings. The van der Waals surface area contributed by atoms with Crippen molar-refractivity contribution >= 4 is 5.84 Å². The van der Waals surface area contributed by atoms with Crippen LogP contribution in [-0.4, -0.2) is 34.0 Å². The minimum Gasteiger partial charge on any atom is -0.466 e. The maximum Gasteiger partial charge on any atom is 0.422 e. The van der Waals surface area contributed by atoms with Gasteiger partial charge in [-0.3, -0.25) is 0 Å². The monoisotopic (exact) mass is 264 g/mol. The zero-order chi connectivity index (χ0) is 13.9. The largest absolute Gasteiger partial charge is 0.466 e. The van der Waals surface area contributed by atoms with Gasteiger partial charge in [0.25, 0.3) is 0 Å². The Morgan fingerprint density at radius 2 is 2.00 bits per heavy atom. The van der Waals surface area contributed by atoms with Crippen molar-refractivity contribution in [1.82, 2.24) is 10.2 Å². The summed E-state index contributed by atoms with van der Waals surface area (Å²) in [5.41, 5.74) is 6.24. The van der Waals surface area contributed by atoms with Crippen LogP contribution in [0.15, 0.2) is 5.16 Å². The second kappa shape index (κ2) is 5.07. The lowest BCUT2D eigenvalue weighted by Crippen LogP contribution is -2.24. The Bertz CT molecular complexity index is 474. The highest BCUT2D eigenvalue weighted by Crippen LogP contribution is 2.23. The number of ether oxygens (including phenoxy) is 1. The average molecular weight is 264 g/mol. The second-order valence-corrected chi connectivity index (χ2v) is 3.48. The third-order valence-corrected chi connectivity index (χ3v) is 2.16. The number of amidine groups is 1. The Labute approximate surface area is 100 Å². The molecule has 0 unspecified atom stereocenters. The van der Waals surface area contributed by atoms with E-state index in [0.29, 0.717) is 11.3 Å². The van der Waals surface area contributed by atoms with Crippen LogP contribution < -0.4 is 10.5 Å². The molecule has 1 aromatic rings. The molecule has 0 aliphatic carbocycles. The van der Waals surface area contributed by atoms with Crippen LogP contribution >= 0.6 is 0 Å². The summed E-state index contributed by atoms with van der Waals surface area (Å²) in [6.45, 7) is 1.61. The van der Waals surface area contributed by atoms with Gasteiger partial charge in [-0.15, -0.1) is 5.10 Å². The molecule has 9 heteroatoms. The molecule has 0 aromatic carbocycles. The SMILES string of the molecule is Cc1nnc(OCC(F)(F)F)c(/C(N)=N/O)c1C. The Kier molecular flexibility index (Phi) is 3.94. The first-order chi connectivity index (χ1) is 8.26. The molecule has 0 fully saturated rings. The molecular formula is C9H11F3N4O2. The number of nitrogens with two attached hydrogens (primary N) is 1. The standard InChI is InChI=1S/C9H11F3N4O2/c1-4-5(2)14-15-8(6(4)7(13)16-17)18-3-9(10,11)12/h17H,3H2,1-2H3,(H2,13,16). The van der Waals surface area contributed by atoms with Crippen LogP contribution in [0.3, 0.4) is 0 Å². The molecular weight excluding hydrogens is 253 g/mol. The van der Waals surface area contributed by atoms with Crippen LogP contribution in [0.4, 0.5) is 13.2 Å². The van der Waals surface area contributed by atoms with Crippen LogP contribution in [0.1, 0.15) is 16.8 Å². The molecule has 1 heterocycles. The maximum atomic E-state index is 12.1. The molecule has 0 aliphatic heterocycles. The van der Waals surface area contributed by atoms with Crippen molar-refractivity contribution in [2.75, 3.05) is 6.61 Å². The molecule has 0 saturated carbocycles. The van der Waals surface area contributed by atoms with Crippen LogP contribution in [0.25, 0.3) is 0 Å². The number of hydrogen-bond donors (Lipinski definition) is 2. The van der Waals surface area contributed by atoms with Gasteiger partial charge < -0.3 is 15.7 Å². The van der Waals surface area contributed by atoms with Gasteiger partial charge in [-0.25, -0.2) is 0 Å². The number of oxime groups is 1. The van der Waals surface area contributed by atoms with Crippen molar-refractivity contribution in [3.05, 3.63) is 16.8 Å². The lowest BCUT2D eigenvalue weighted by molar-refractivity contribution is -0.154. The van der Waals surface area contributed by atoms with E-state index in [4.69, 9.17) is 10.9 Å². The lowest BCUT2D eigenvalue weighted by atomic mass is 10.1. The maximum absolute atomic E-state index is 12.1. The summed E-state index contributed by atoms with van der Waals surface area (Å²) < 4.78 is 40.6. The van der Waals surface area contributed by atoms with Gasteiger partial charge in [0.2, 0.25) is 5.88 Å². The second-order valence-electron chi connectivity index (χ2n) is 3.48. The van der Waals surface area contributed by atoms with E-state index in [1.807, 2.05) is 0 Å². The zero-order valence-corrected chi connectivity index (χ0v) is 9.62. The average Bonchev–Trinajstić information content (AvgIpc) is 2.28. The van der Waals surface area contributed by atoms with E-state index in [-0.39, 0.29) is 11.4 Å². The minimum absolute atomic E-state index is 0.00532. The summed E-state index contributed by atoms with van der Waals surface area (Å²) in [5.74, 6) is -0.812. The number of alkyl halides is 3. The first kappa shape index (κ1) is 14.0. The molecule has 3 N–H and O–H groups in total. The predicted octanol–water partition coefficient (Wildman–Crippen LogP) is 1.13. The summed E-state index contributed by atoms with van der Waals surface area (Å²) >= 11 is 0. The van der Waals surface area contributed by atoms with E-state index in [1.54, 1.807) is 13.8 Å². The third-order valence-electron chi connectivity index (χ3n) is 2.16. The van der Waals surface area contributed by atoms with E-state index < -0.39 is 18.7 Å². The van der Waals surface area contributed by atoms with E-state index in [9.17, 15) is 13.2 Å². The van der Waals surface area contributed by atoms with Crippen LogP contribution in [0, 0.1) is 13.8 Å². The van der Waals surface area contributed by atoms with E-state index >= 15 is 0 Å². The summed E-state index contributed by atoms with van der Waals surface area (Å²) in [6.07, 6.45) is -4.51. The van der Waals surface area contributed by atoms with Gasteiger partial charge in [-0.05, 0) is 19.4 Å². The quantitative estimate of drug-likeness (QED) is 0.369. The van der Waals surface area contributed by atoms with Crippen LogP contribution in [0.2, 0.25) is 0 Å². The molecule has 6 nitrogen and oxygen atoms in total. The first-order valence-electron chi connectivity index (χ1n) is 4.77. The molecule has 0 amide bonds. The summed E-state index contributed by atoms with van der Waals surface area (Å²) in [4.78, 5) is 0. The van der Waals surface area contributed by atoms with Crippen molar-refractivity contribution in [3.63, 3.8) is 0 Å². The summed E-state index contributed by atoms with van der Waals surface area (Å²) in [7, 11) is 0. The number of hydrogen-bond acceptors (Lipinski definition) is 5. The van der Waals surface area contributed by atoms with Crippen molar-refractivity contribution in [2.24, 2.45) is 10.9 Å². The topological polar surface area (TPSA) is 93.6 Å². The Hall–Kier alpha value is -2.06. The molecule has 1 rings (SSSR count). The smallest absolute Gasteiger partial charge is 0.422 e. The van der Waals surface area contributed by atoms with Gasteiger partial charge in [0, 0.05) is 0 Å². The van der Waals surface area contributed by atoms with Gasteiger partial charge in [0.15, 0.2) is 12.4 Å². The van der Waals surface area contributed by atoms with Gasteiger partial charge >= 0.3 is 6.18 Å². The fourth-order valence-corrected chi connectivity index (χ4v) is 1.19. The van der Waals surface area contributed by atoms with Crippen molar-refractivity contribution < 1.29 is 23.1 Å². The Morgan fingerprint density at radius 1 is 1.39 bits per heavy atom. The molecule has 0 saturated heterocycles. The van der Waals surface area contributed by atoms with Crippen molar-refractivity contribution in [3.8, 4) is 5.88 Å². The summed E-state index contributed by atoms with van der Waals surface area (Å²) in [5, 5.41) is 18.4. The number of aromatic nitrogens is 2. The molecule has 0 radical (unpaired) electrons. The molecule has 100 valence electrons. The number of halogens is 3. The fourth-order valence-electron chi connectivity index (χ4n) is 1.19. The van der Waals surface area contributed by atoms with Gasteiger partial charge in [0.1, 0.15) is 0 Å². The molecule has 0 atom stereocenters. The highest BCUT2D eigenvalue weighted by molar-refractivity contribution is 6.00. The number of rotatable bonds is 3. The molecule has 18 heavy (non-hydrogen) atoms. The van der Waals surface area contributed by atoms with Crippen LogP contribution in [0.5, 0.6) is 5.88 Å². The van der Waals surface area contributed by atoms with E-state index in [0.717, 1.165) is 0 Å². The fraction of sp³-hybridized carbons (Fsp3) is 0.444. The molecule has 0 bridgehead atoms. The lowest BCUT2D eigenvalue weighted by Gasteiger charge is -2.13. The highest BCUT2D eigenvalue weighted by Gasteiger charge is 2.30. The first-order valence-corrected chi connectivity index (χ1v) is 4.77. The summed E-state index contributed by atoms with van der Waals surface area (Å²) in [6, 6.07) is 0. The zero-order valence-electron chi connectivity index (χ0n) is 9.62. The van der Waals surface area contributed by atoms with Crippen molar-refractivity contribution in [1.29, 1.82) is 0 Å². The van der Waals surface area contributed by atoms with Crippen molar-refractivity contribution in [2.45, 2.75) is 20.0 Å². The van der Waals surface area contributed by atoms with E-state index in [2.05, 4.69) is 20.1 Å². The normalized spacial score (nSPS) is 12.6. The van der Waals surface area contributed by atoms with Gasteiger partial charge in [0.05, 0.1) is 11.3 Å². The predicted molar refractivity (Wildman–Crippen MR) is 55.6 cm³/mol. The van der Waals surface area contributed by atoms with E-state index in [1.165, 1.54) is 0 Å². The highest BCUT2D eigenvalue weighted by atomic mass is 19.4. The third kappa shape index (κ3) is 3.22. The van der Waals surface area contributed by atoms with Crippen LogP contribution in [-0.2, 0) is 0 Å². The Balaban J connectivity index is 3.16. The van der Waals surface area contributed by atoms with Gasteiger partial charge in [-0.1, -0.05) is 5.16 Å². The molecule has 1 aromatic heterocycles. The number of aryl methyl sites for hydroxylation is 1. The molecule has 0 spiro atoms. The number of nitrogens with zero attached hydrogens (tertiary/aromatic N) is 3. The minimum atomic E-state index is -4.51. The Morgan fingerprint density at radius 3 is 2.50 bits per heavy atom. The van der Waals surface area contributed by atoms with Gasteiger partial charge in [-0.2, -0.15) is 18.3 Å².